The van der Waals surface area contributed by atoms with Gasteiger partial charge in [-0.1, -0.05) is 11.6 Å². The van der Waals surface area contributed by atoms with Crippen LogP contribution in [0.3, 0.4) is 0 Å². The highest BCUT2D eigenvalue weighted by molar-refractivity contribution is 6.32. The SMILES string of the molecule is NCCCc1cc(Cl)c(O)cc1C(F)(F)F. The van der Waals surface area contributed by atoms with Gasteiger partial charge in [0.25, 0.3) is 0 Å². The van der Waals surface area contributed by atoms with E-state index in [1.165, 1.54) is 0 Å². The topological polar surface area (TPSA) is 46.2 Å². The highest BCUT2D eigenvalue weighted by atomic mass is 35.5. The van der Waals surface area contributed by atoms with Gasteiger partial charge in [-0.15, -0.1) is 0 Å². The minimum Gasteiger partial charge on any atom is -0.506 e. The fourth-order valence-corrected chi connectivity index (χ4v) is 1.55. The van der Waals surface area contributed by atoms with Crippen molar-refractivity contribution < 1.29 is 18.3 Å². The molecule has 0 unspecified atom stereocenters. The van der Waals surface area contributed by atoms with E-state index in [4.69, 9.17) is 22.4 Å². The molecule has 0 amide bonds. The van der Waals surface area contributed by atoms with E-state index in [9.17, 15) is 13.2 Å². The third-order valence-corrected chi connectivity index (χ3v) is 2.43. The van der Waals surface area contributed by atoms with E-state index in [-0.39, 0.29) is 17.0 Å². The monoisotopic (exact) mass is 253 g/mol. The molecular weight excluding hydrogens is 243 g/mol. The van der Waals surface area contributed by atoms with Gasteiger partial charge in [0, 0.05) is 0 Å². The summed E-state index contributed by atoms with van der Waals surface area (Å²) in [6.07, 6.45) is -3.87. The number of hydrogen-bond donors (Lipinski definition) is 2. The molecule has 0 aliphatic carbocycles. The maximum absolute atomic E-state index is 12.6. The Hall–Kier alpha value is -0.940. The minimum absolute atomic E-state index is 0.0563. The minimum atomic E-state index is -4.49. The van der Waals surface area contributed by atoms with Crippen molar-refractivity contribution in [3.8, 4) is 5.75 Å². The van der Waals surface area contributed by atoms with Crippen molar-refractivity contribution in [1.82, 2.24) is 0 Å². The lowest BCUT2D eigenvalue weighted by atomic mass is 10.0. The van der Waals surface area contributed by atoms with Crippen LogP contribution in [-0.2, 0) is 12.6 Å². The fourth-order valence-electron chi connectivity index (χ4n) is 1.37. The molecule has 0 bridgehead atoms. The normalized spacial score (nSPS) is 11.8. The molecule has 90 valence electrons. The quantitative estimate of drug-likeness (QED) is 0.870. The number of phenols is 1. The van der Waals surface area contributed by atoms with Crippen LogP contribution >= 0.6 is 11.6 Å². The highest BCUT2D eigenvalue weighted by Gasteiger charge is 2.34. The molecule has 2 nitrogen and oxygen atoms in total. The lowest BCUT2D eigenvalue weighted by molar-refractivity contribution is -0.138. The Morgan fingerprint density at radius 2 is 1.94 bits per heavy atom. The standard InChI is InChI=1S/C10H11ClF3NO/c11-8-4-6(2-1-3-15)7(5-9(8)16)10(12,13)14/h4-5,16H,1-3,15H2. The molecule has 16 heavy (non-hydrogen) atoms. The first-order valence-electron chi connectivity index (χ1n) is 4.65. The number of phenolic OH excluding ortho intramolecular Hbond substituents is 1. The zero-order valence-corrected chi connectivity index (χ0v) is 9.07. The molecule has 0 atom stereocenters. The van der Waals surface area contributed by atoms with Crippen LogP contribution in [0.15, 0.2) is 12.1 Å². The van der Waals surface area contributed by atoms with Gasteiger partial charge >= 0.3 is 6.18 Å². The van der Waals surface area contributed by atoms with Crippen LogP contribution in [0, 0.1) is 0 Å². The average molecular weight is 254 g/mol. The van der Waals surface area contributed by atoms with Gasteiger partial charge in [0.05, 0.1) is 10.6 Å². The van der Waals surface area contributed by atoms with Gasteiger partial charge in [0.1, 0.15) is 5.75 Å². The predicted molar refractivity (Wildman–Crippen MR) is 55.5 cm³/mol. The van der Waals surface area contributed by atoms with Gasteiger partial charge in [0.2, 0.25) is 0 Å². The van der Waals surface area contributed by atoms with E-state index in [1.807, 2.05) is 0 Å². The van der Waals surface area contributed by atoms with Crippen molar-refractivity contribution in [1.29, 1.82) is 0 Å². The van der Waals surface area contributed by atoms with Crippen LogP contribution in [0.1, 0.15) is 17.5 Å². The molecule has 6 heteroatoms. The molecule has 0 saturated carbocycles. The second kappa shape index (κ2) is 4.93. The molecule has 0 heterocycles. The number of alkyl halides is 3. The second-order valence-electron chi connectivity index (χ2n) is 3.35. The van der Waals surface area contributed by atoms with Crippen LogP contribution in [0.25, 0.3) is 0 Å². The summed E-state index contributed by atoms with van der Waals surface area (Å²) in [4.78, 5) is 0. The lowest BCUT2D eigenvalue weighted by Crippen LogP contribution is -2.10. The Kier molecular flexibility index (Phi) is 4.04. The molecule has 0 fully saturated rings. The molecule has 0 aliphatic heterocycles. The summed E-state index contributed by atoms with van der Waals surface area (Å²) in [6.45, 7) is 0.301. The Balaban J connectivity index is 3.17. The zero-order valence-electron chi connectivity index (χ0n) is 8.31. The first-order chi connectivity index (χ1) is 7.36. The van der Waals surface area contributed by atoms with E-state index in [1.54, 1.807) is 0 Å². The van der Waals surface area contributed by atoms with E-state index >= 15 is 0 Å². The maximum atomic E-state index is 12.6. The van der Waals surface area contributed by atoms with Crippen molar-refractivity contribution in [2.75, 3.05) is 6.54 Å². The number of rotatable bonds is 3. The Bertz CT molecular complexity index is 379. The van der Waals surface area contributed by atoms with Gasteiger partial charge in [-0.2, -0.15) is 13.2 Å². The van der Waals surface area contributed by atoms with E-state index in [0.717, 1.165) is 6.07 Å². The summed E-state index contributed by atoms with van der Waals surface area (Å²) in [6, 6.07) is 1.78. The number of halogens is 4. The number of benzene rings is 1. The van der Waals surface area contributed by atoms with Crippen molar-refractivity contribution in [2.45, 2.75) is 19.0 Å². The van der Waals surface area contributed by atoms with E-state index in [2.05, 4.69) is 0 Å². The Morgan fingerprint density at radius 1 is 1.31 bits per heavy atom. The maximum Gasteiger partial charge on any atom is 0.416 e. The van der Waals surface area contributed by atoms with Crippen LogP contribution in [-0.4, -0.2) is 11.7 Å². The van der Waals surface area contributed by atoms with Gasteiger partial charge in [-0.25, -0.2) is 0 Å². The molecule has 1 aromatic rings. The average Bonchev–Trinajstić information content (AvgIpc) is 2.17. The summed E-state index contributed by atoms with van der Waals surface area (Å²) in [5, 5.41) is 9.07. The summed E-state index contributed by atoms with van der Waals surface area (Å²) < 4.78 is 37.8. The third kappa shape index (κ3) is 3.02. The van der Waals surface area contributed by atoms with Crippen molar-refractivity contribution in [2.24, 2.45) is 5.73 Å². The molecule has 1 rings (SSSR count). The molecule has 0 radical (unpaired) electrons. The van der Waals surface area contributed by atoms with E-state index in [0.29, 0.717) is 19.0 Å². The summed E-state index contributed by atoms with van der Waals surface area (Å²) in [5.41, 5.74) is 4.44. The molecule has 1 aromatic carbocycles. The smallest absolute Gasteiger partial charge is 0.416 e. The number of hydrogen-bond acceptors (Lipinski definition) is 2. The highest BCUT2D eigenvalue weighted by Crippen LogP contribution is 2.37. The fraction of sp³-hybridized carbons (Fsp3) is 0.400. The van der Waals surface area contributed by atoms with E-state index < -0.39 is 17.5 Å². The number of nitrogens with two attached hydrogens (primary N) is 1. The lowest BCUT2D eigenvalue weighted by Gasteiger charge is -2.13. The predicted octanol–water partition coefficient (Wildman–Crippen LogP) is 2.96. The molecule has 3 N–H and O–H groups in total. The molecular formula is C10H11ClF3NO. The zero-order chi connectivity index (χ0) is 12.3. The molecule has 0 spiro atoms. The van der Waals surface area contributed by atoms with Crippen LogP contribution in [0.2, 0.25) is 5.02 Å². The van der Waals surface area contributed by atoms with Crippen LogP contribution in [0.5, 0.6) is 5.75 Å². The van der Waals surface area contributed by atoms with Gasteiger partial charge < -0.3 is 10.8 Å². The summed E-state index contributed by atoms with van der Waals surface area (Å²) in [5.74, 6) is -0.564. The summed E-state index contributed by atoms with van der Waals surface area (Å²) in [7, 11) is 0. The largest absolute Gasteiger partial charge is 0.506 e. The first-order valence-corrected chi connectivity index (χ1v) is 5.02. The third-order valence-electron chi connectivity index (χ3n) is 2.13. The molecule has 0 aliphatic rings. The number of aromatic hydroxyl groups is 1. The second-order valence-corrected chi connectivity index (χ2v) is 3.76. The van der Waals surface area contributed by atoms with Crippen LogP contribution in [0.4, 0.5) is 13.2 Å². The Labute approximate surface area is 95.8 Å². The van der Waals surface area contributed by atoms with Crippen molar-refractivity contribution >= 4 is 11.6 Å². The first kappa shape index (κ1) is 13.1. The number of aryl methyl sites for hydroxylation is 1. The van der Waals surface area contributed by atoms with Gasteiger partial charge in [-0.05, 0) is 37.1 Å². The molecule has 0 aromatic heterocycles. The Morgan fingerprint density at radius 3 is 2.44 bits per heavy atom. The van der Waals surface area contributed by atoms with Crippen molar-refractivity contribution in [3.05, 3.63) is 28.3 Å². The van der Waals surface area contributed by atoms with Gasteiger partial charge in [0.15, 0.2) is 0 Å². The van der Waals surface area contributed by atoms with Gasteiger partial charge in [-0.3, -0.25) is 0 Å². The van der Waals surface area contributed by atoms with Crippen LogP contribution < -0.4 is 5.73 Å². The molecule has 0 saturated heterocycles. The summed E-state index contributed by atoms with van der Waals surface area (Å²) >= 11 is 5.57. The van der Waals surface area contributed by atoms with Crippen molar-refractivity contribution in [3.63, 3.8) is 0 Å².